The number of halogens is 1. The summed E-state index contributed by atoms with van der Waals surface area (Å²) in [5.74, 6) is 0.561. The van der Waals surface area contributed by atoms with Crippen LogP contribution in [0.15, 0.2) is 52.2 Å². The van der Waals surface area contributed by atoms with E-state index in [1.165, 1.54) is 5.56 Å². The van der Waals surface area contributed by atoms with Crippen LogP contribution in [0.25, 0.3) is 0 Å². The summed E-state index contributed by atoms with van der Waals surface area (Å²) < 4.78 is 5.38. The van der Waals surface area contributed by atoms with Gasteiger partial charge in [-0.15, -0.1) is 24.0 Å². The number of carbonyl (C=O) groups excluding carboxylic acids is 1. The van der Waals surface area contributed by atoms with Gasteiger partial charge in [-0.05, 0) is 28.0 Å². The molecule has 2 N–H and O–H groups in total. The van der Waals surface area contributed by atoms with Gasteiger partial charge in [-0.2, -0.15) is 11.3 Å². The molecule has 1 aliphatic heterocycles. The van der Waals surface area contributed by atoms with E-state index >= 15 is 0 Å². The van der Waals surface area contributed by atoms with Crippen LogP contribution in [0.3, 0.4) is 0 Å². The van der Waals surface area contributed by atoms with Gasteiger partial charge >= 0.3 is 0 Å². The van der Waals surface area contributed by atoms with Gasteiger partial charge < -0.3 is 20.3 Å². The number of nitrogens with zero attached hydrogens (tertiary/aromatic N) is 2. The second-order valence-electron chi connectivity index (χ2n) is 6.34. The lowest BCUT2D eigenvalue weighted by Gasteiger charge is -2.31. The lowest BCUT2D eigenvalue weighted by atomic mass is 9.97. The number of nitrogens with one attached hydrogen (secondary N) is 2. The van der Waals surface area contributed by atoms with Crippen molar-refractivity contribution in [1.82, 2.24) is 15.5 Å². The number of aliphatic imine (C=N–C) groups is 1. The van der Waals surface area contributed by atoms with Gasteiger partial charge in [0.15, 0.2) is 5.96 Å². The van der Waals surface area contributed by atoms with Gasteiger partial charge in [-0.1, -0.05) is 30.3 Å². The predicted octanol–water partition coefficient (Wildman–Crippen LogP) is 2.67. The highest BCUT2D eigenvalue weighted by atomic mass is 127. The summed E-state index contributed by atoms with van der Waals surface area (Å²) in [4.78, 5) is 19.3. The third-order valence-electron chi connectivity index (χ3n) is 4.56. The Balaban J connectivity index is 0.00000280. The van der Waals surface area contributed by atoms with E-state index in [-0.39, 0.29) is 35.8 Å². The fourth-order valence-corrected chi connectivity index (χ4v) is 3.70. The van der Waals surface area contributed by atoms with E-state index in [1.54, 1.807) is 18.4 Å². The molecule has 1 unspecified atom stereocenters. The molecule has 8 heteroatoms. The summed E-state index contributed by atoms with van der Waals surface area (Å²) >= 11 is 1.67. The number of benzene rings is 1. The van der Waals surface area contributed by atoms with Gasteiger partial charge in [0, 0.05) is 33.2 Å². The molecule has 152 valence electrons. The van der Waals surface area contributed by atoms with E-state index in [2.05, 4.69) is 32.5 Å². The Hall–Kier alpha value is -1.65. The lowest BCUT2D eigenvalue weighted by Crippen LogP contribution is -2.47. The Morgan fingerprint density at radius 1 is 1.21 bits per heavy atom. The first kappa shape index (κ1) is 22.6. The third kappa shape index (κ3) is 6.46. The minimum Gasteiger partial charge on any atom is -0.378 e. The number of rotatable bonds is 6. The number of guanidine groups is 1. The molecule has 0 spiro atoms. The summed E-state index contributed by atoms with van der Waals surface area (Å²) in [5, 5.41) is 10.8. The molecule has 3 rings (SSSR count). The summed E-state index contributed by atoms with van der Waals surface area (Å²) in [6.07, 6.45) is 0. The first-order valence-electron chi connectivity index (χ1n) is 9.15. The van der Waals surface area contributed by atoms with Crippen LogP contribution < -0.4 is 10.6 Å². The second kappa shape index (κ2) is 12.0. The van der Waals surface area contributed by atoms with Crippen molar-refractivity contribution >= 4 is 47.2 Å². The summed E-state index contributed by atoms with van der Waals surface area (Å²) in [5.41, 5.74) is 2.22. The number of carbonyl (C=O) groups is 1. The van der Waals surface area contributed by atoms with Crippen molar-refractivity contribution in [3.63, 3.8) is 0 Å². The molecule has 1 amide bonds. The van der Waals surface area contributed by atoms with Gasteiger partial charge in [0.2, 0.25) is 5.91 Å². The van der Waals surface area contributed by atoms with Crippen LogP contribution in [-0.2, 0) is 16.1 Å². The van der Waals surface area contributed by atoms with Crippen molar-refractivity contribution in [3.8, 4) is 0 Å². The van der Waals surface area contributed by atoms with Crippen LogP contribution in [-0.4, -0.2) is 56.7 Å². The van der Waals surface area contributed by atoms with Gasteiger partial charge in [0.25, 0.3) is 0 Å². The second-order valence-corrected chi connectivity index (χ2v) is 7.12. The number of hydrogen-bond donors (Lipinski definition) is 2. The van der Waals surface area contributed by atoms with Crippen molar-refractivity contribution < 1.29 is 9.53 Å². The fourth-order valence-electron chi connectivity index (χ4n) is 3.04. The molecule has 1 fully saturated rings. The van der Waals surface area contributed by atoms with Crippen LogP contribution in [0.1, 0.15) is 17.0 Å². The molecule has 0 saturated carbocycles. The number of morpholine rings is 1. The molecule has 1 atom stereocenters. The van der Waals surface area contributed by atoms with E-state index in [1.807, 2.05) is 35.2 Å². The zero-order valence-corrected chi connectivity index (χ0v) is 19.1. The zero-order chi connectivity index (χ0) is 18.9. The van der Waals surface area contributed by atoms with E-state index < -0.39 is 0 Å². The molecule has 1 aromatic carbocycles. The molecule has 1 aromatic heterocycles. The number of amides is 1. The Kier molecular flexibility index (Phi) is 9.72. The van der Waals surface area contributed by atoms with Crippen LogP contribution >= 0.6 is 35.3 Å². The molecule has 0 radical (unpaired) electrons. The molecular weight excluding hydrogens is 487 g/mol. The van der Waals surface area contributed by atoms with Crippen LogP contribution in [0.5, 0.6) is 0 Å². The highest BCUT2D eigenvalue weighted by Gasteiger charge is 2.27. The number of hydrogen-bond acceptors (Lipinski definition) is 4. The lowest BCUT2D eigenvalue weighted by molar-refractivity contribution is -0.136. The average Bonchev–Trinajstić information content (AvgIpc) is 3.25. The number of ether oxygens (including phenoxy) is 1. The third-order valence-corrected chi connectivity index (χ3v) is 5.29. The van der Waals surface area contributed by atoms with E-state index in [9.17, 15) is 4.79 Å². The summed E-state index contributed by atoms with van der Waals surface area (Å²) in [6, 6.07) is 12.0. The SMILES string of the molecule is CN=C(NCc1ccsc1)NCC(C(=O)N1CCOCC1)c1ccccc1.I. The molecule has 6 nitrogen and oxygen atoms in total. The van der Waals surface area contributed by atoms with Gasteiger partial charge in [0.1, 0.15) is 0 Å². The van der Waals surface area contributed by atoms with E-state index in [0.717, 1.165) is 5.56 Å². The Bertz CT molecular complexity index is 734. The van der Waals surface area contributed by atoms with Crippen LogP contribution in [0, 0.1) is 0 Å². The van der Waals surface area contributed by atoms with Gasteiger partial charge in [-0.25, -0.2) is 0 Å². The van der Waals surface area contributed by atoms with Crippen molar-refractivity contribution in [1.29, 1.82) is 0 Å². The maximum absolute atomic E-state index is 13.1. The summed E-state index contributed by atoms with van der Waals surface area (Å²) in [7, 11) is 1.74. The molecule has 0 aliphatic carbocycles. The molecule has 1 aliphatic rings. The van der Waals surface area contributed by atoms with Crippen molar-refractivity contribution in [2.24, 2.45) is 4.99 Å². The topological polar surface area (TPSA) is 66.0 Å². The molecule has 1 saturated heterocycles. The molecule has 2 aromatic rings. The molecular formula is C20H27IN4O2S. The number of thiophene rings is 1. The average molecular weight is 514 g/mol. The Morgan fingerprint density at radius 3 is 2.61 bits per heavy atom. The predicted molar refractivity (Wildman–Crippen MR) is 125 cm³/mol. The van der Waals surface area contributed by atoms with Gasteiger partial charge in [0.05, 0.1) is 19.1 Å². The maximum atomic E-state index is 13.1. The van der Waals surface area contributed by atoms with Crippen LogP contribution in [0.2, 0.25) is 0 Å². The summed E-state index contributed by atoms with van der Waals surface area (Å²) in [6.45, 7) is 3.69. The van der Waals surface area contributed by atoms with Crippen LogP contribution in [0.4, 0.5) is 0 Å². The fraction of sp³-hybridized carbons (Fsp3) is 0.400. The largest absolute Gasteiger partial charge is 0.378 e. The smallest absolute Gasteiger partial charge is 0.232 e. The molecule has 2 heterocycles. The van der Waals surface area contributed by atoms with E-state index in [4.69, 9.17) is 4.74 Å². The molecule has 0 bridgehead atoms. The minimum absolute atomic E-state index is 0. The monoisotopic (exact) mass is 514 g/mol. The highest BCUT2D eigenvalue weighted by Crippen LogP contribution is 2.19. The highest BCUT2D eigenvalue weighted by molar-refractivity contribution is 14.0. The normalized spacial score (nSPS) is 15.5. The standard InChI is InChI=1S/C20H26N4O2S.HI/c1-21-20(22-13-16-7-12-27-15-16)23-14-18(17-5-3-2-4-6-17)19(25)24-8-10-26-11-9-24;/h2-7,12,15,18H,8-11,13-14H2,1H3,(H2,21,22,23);1H. The minimum atomic E-state index is -0.260. The maximum Gasteiger partial charge on any atom is 0.232 e. The zero-order valence-electron chi connectivity index (χ0n) is 16.0. The van der Waals surface area contributed by atoms with E-state index in [0.29, 0.717) is 45.4 Å². The Morgan fingerprint density at radius 2 is 1.96 bits per heavy atom. The quantitative estimate of drug-likeness (QED) is 0.354. The van der Waals surface area contributed by atoms with Crippen molar-refractivity contribution in [2.45, 2.75) is 12.5 Å². The van der Waals surface area contributed by atoms with Gasteiger partial charge in [-0.3, -0.25) is 9.79 Å². The molecule has 28 heavy (non-hydrogen) atoms. The first-order chi connectivity index (χ1) is 13.3. The Labute approximate surface area is 187 Å². The first-order valence-corrected chi connectivity index (χ1v) is 10.1. The van der Waals surface area contributed by atoms with Crippen molar-refractivity contribution in [2.75, 3.05) is 39.9 Å². The van der Waals surface area contributed by atoms with Crippen molar-refractivity contribution in [3.05, 3.63) is 58.3 Å².